The molecule has 0 saturated heterocycles. The molecule has 0 fully saturated rings. The van der Waals surface area contributed by atoms with Crippen molar-refractivity contribution in [3.05, 3.63) is 0 Å². The Morgan fingerprint density at radius 1 is 0.903 bits per heavy atom. The summed E-state index contributed by atoms with van der Waals surface area (Å²) in [6, 6.07) is -3.57. The number of aliphatic carboxylic acids is 2. The van der Waals surface area contributed by atoms with Gasteiger partial charge in [-0.2, -0.15) is 11.8 Å². The van der Waals surface area contributed by atoms with Crippen LogP contribution in [0.3, 0.4) is 0 Å². The van der Waals surface area contributed by atoms with Gasteiger partial charge in [-0.15, -0.1) is 0 Å². The molecule has 0 aromatic heterocycles. The van der Waals surface area contributed by atoms with Crippen LogP contribution in [-0.2, 0) is 28.8 Å². The lowest BCUT2D eigenvalue weighted by Gasteiger charge is -2.20. The number of nitrogens with one attached hydrogen (secondary N) is 3. The van der Waals surface area contributed by atoms with Crippen molar-refractivity contribution in [2.75, 3.05) is 18.6 Å². The van der Waals surface area contributed by atoms with Crippen molar-refractivity contribution >= 4 is 47.3 Å². The lowest BCUT2D eigenvalue weighted by Crippen LogP contribution is -2.53. The Labute approximate surface area is 183 Å². The van der Waals surface area contributed by atoms with Crippen molar-refractivity contribution < 1.29 is 39.0 Å². The number of carboxylic acids is 2. The summed E-state index contributed by atoms with van der Waals surface area (Å²) in [4.78, 5) is 69.2. The van der Waals surface area contributed by atoms with E-state index in [1.54, 1.807) is 6.26 Å². The van der Waals surface area contributed by atoms with Crippen LogP contribution in [0.2, 0.25) is 0 Å². The van der Waals surface area contributed by atoms with E-state index in [0.29, 0.717) is 5.75 Å². The van der Waals surface area contributed by atoms with E-state index in [1.807, 2.05) is 0 Å². The molecule has 0 radical (unpaired) electrons. The third kappa shape index (κ3) is 13.1. The van der Waals surface area contributed by atoms with Crippen molar-refractivity contribution in [3.8, 4) is 0 Å². The summed E-state index contributed by atoms with van der Waals surface area (Å²) in [5.74, 6) is -4.94. The number of primary amides is 1. The standard InChI is InChI=1S/C17H29N5O8S/c1-31-7-6-11(17(29)30)21-13(24)8-20-16(28)10(3-4-12(19)23)22-15(27)9(18)2-5-14(25)26/h9-11H,2-8,18H2,1H3,(H2,19,23)(H,20,28)(H,21,24)(H,22,27)(H,25,26)(H,29,30). The molecule has 0 saturated carbocycles. The largest absolute Gasteiger partial charge is 0.481 e. The smallest absolute Gasteiger partial charge is 0.326 e. The molecule has 0 aromatic carbocycles. The van der Waals surface area contributed by atoms with Crippen LogP contribution in [-0.4, -0.2) is 82.5 Å². The van der Waals surface area contributed by atoms with Crippen molar-refractivity contribution in [3.63, 3.8) is 0 Å². The predicted molar refractivity (Wildman–Crippen MR) is 111 cm³/mol. The molecule has 0 aliphatic rings. The maximum atomic E-state index is 12.4. The average Bonchev–Trinajstić information content (AvgIpc) is 2.69. The Balaban J connectivity index is 4.87. The van der Waals surface area contributed by atoms with Crippen molar-refractivity contribution in [2.24, 2.45) is 11.5 Å². The molecule has 14 heteroatoms. The number of carbonyl (C=O) groups is 6. The Kier molecular flexibility index (Phi) is 13.6. The molecule has 31 heavy (non-hydrogen) atoms. The second kappa shape index (κ2) is 15.0. The first kappa shape index (κ1) is 28.1. The molecule has 3 atom stereocenters. The van der Waals surface area contributed by atoms with Crippen LogP contribution in [0.4, 0.5) is 0 Å². The van der Waals surface area contributed by atoms with E-state index in [1.165, 1.54) is 11.8 Å². The normalized spacial score (nSPS) is 13.4. The highest BCUT2D eigenvalue weighted by Gasteiger charge is 2.25. The van der Waals surface area contributed by atoms with Gasteiger partial charge < -0.3 is 37.6 Å². The quantitative estimate of drug-likeness (QED) is 0.126. The van der Waals surface area contributed by atoms with E-state index in [4.69, 9.17) is 21.7 Å². The summed E-state index contributed by atoms with van der Waals surface area (Å²) in [5, 5.41) is 24.6. The van der Waals surface area contributed by atoms with Gasteiger partial charge in [0.1, 0.15) is 12.1 Å². The van der Waals surface area contributed by atoms with Gasteiger partial charge in [0.05, 0.1) is 12.6 Å². The third-order valence-corrected chi connectivity index (χ3v) is 4.63. The Morgan fingerprint density at radius 3 is 2.06 bits per heavy atom. The number of carboxylic acid groups (broad SMARTS) is 2. The van der Waals surface area contributed by atoms with Crippen LogP contribution < -0.4 is 27.4 Å². The molecule has 0 aliphatic heterocycles. The second-order valence-electron chi connectivity index (χ2n) is 6.56. The summed E-state index contributed by atoms with van der Waals surface area (Å²) in [7, 11) is 0. The molecule has 9 N–H and O–H groups in total. The van der Waals surface area contributed by atoms with E-state index in [9.17, 15) is 28.8 Å². The molecule has 0 aliphatic carbocycles. The molecule has 0 rings (SSSR count). The van der Waals surface area contributed by atoms with Gasteiger partial charge in [-0.1, -0.05) is 0 Å². The maximum absolute atomic E-state index is 12.4. The first-order valence-corrected chi connectivity index (χ1v) is 10.7. The van der Waals surface area contributed by atoms with Gasteiger partial charge in [-0.25, -0.2) is 4.79 Å². The molecule has 0 spiro atoms. The molecule has 4 amide bonds. The zero-order chi connectivity index (χ0) is 24.0. The fourth-order valence-electron chi connectivity index (χ4n) is 2.27. The SMILES string of the molecule is CSCCC(NC(=O)CNC(=O)C(CCC(N)=O)NC(=O)C(N)CCC(=O)O)C(=O)O. The van der Waals surface area contributed by atoms with Gasteiger partial charge in [0.2, 0.25) is 23.6 Å². The average molecular weight is 464 g/mol. The fraction of sp³-hybridized carbons (Fsp3) is 0.647. The lowest BCUT2D eigenvalue weighted by atomic mass is 10.1. The number of hydrogen-bond acceptors (Lipinski definition) is 8. The lowest BCUT2D eigenvalue weighted by molar-refractivity contribution is -0.142. The van der Waals surface area contributed by atoms with Crippen LogP contribution in [0.25, 0.3) is 0 Å². The third-order valence-electron chi connectivity index (χ3n) is 3.99. The number of hydrogen-bond donors (Lipinski definition) is 7. The topological polar surface area (TPSA) is 231 Å². The van der Waals surface area contributed by atoms with Gasteiger partial charge in [0, 0.05) is 12.8 Å². The molecule has 0 bridgehead atoms. The van der Waals surface area contributed by atoms with Crippen molar-refractivity contribution in [1.82, 2.24) is 16.0 Å². The van der Waals surface area contributed by atoms with E-state index in [0.717, 1.165) is 0 Å². The van der Waals surface area contributed by atoms with E-state index in [2.05, 4.69) is 16.0 Å². The molecular formula is C17H29N5O8S. The van der Waals surface area contributed by atoms with Crippen molar-refractivity contribution in [1.29, 1.82) is 0 Å². The first-order valence-electron chi connectivity index (χ1n) is 9.32. The Hall–Kier alpha value is -2.87. The van der Waals surface area contributed by atoms with Crippen LogP contribution in [0.5, 0.6) is 0 Å². The Morgan fingerprint density at radius 2 is 1.55 bits per heavy atom. The number of thioether (sulfide) groups is 1. The van der Waals surface area contributed by atoms with Crippen LogP contribution in [0, 0.1) is 0 Å². The minimum atomic E-state index is -1.25. The number of amides is 4. The Bertz CT molecular complexity index is 675. The summed E-state index contributed by atoms with van der Waals surface area (Å²) in [6.45, 7) is -0.560. The zero-order valence-corrected chi connectivity index (χ0v) is 17.9. The van der Waals surface area contributed by atoms with Crippen molar-refractivity contribution in [2.45, 2.75) is 50.2 Å². The minimum absolute atomic E-state index is 0.166. The summed E-state index contributed by atoms with van der Waals surface area (Å²) in [5.41, 5.74) is 10.7. The highest BCUT2D eigenvalue weighted by molar-refractivity contribution is 7.98. The molecule has 176 valence electrons. The number of rotatable bonds is 16. The van der Waals surface area contributed by atoms with Gasteiger partial charge in [-0.3, -0.25) is 24.0 Å². The van der Waals surface area contributed by atoms with E-state index < -0.39 is 60.2 Å². The van der Waals surface area contributed by atoms with Gasteiger partial charge in [0.25, 0.3) is 0 Å². The highest BCUT2D eigenvalue weighted by atomic mass is 32.2. The van der Waals surface area contributed by atoms with Gasteiger partial charge >= 0.3 is 11.9 Å². The maximum Gasteiger partial charge on any atom is 0.326 e. The number of nitrogens with two attached hydrogens (primary N) is 2. The van der Waals surface area contributed by atoms with Crippen LogP contribution in [0.1, 0.15) is 32.1 Å². The first-order chi connectivity index (χ1) is 14.5. The zero-order valence-electron chi connectivity index (χ0n) is 17.1. The van der Waals surface area contributed by atoms with E-state index >= 15 is 0 Å². The highest BCUT2D eigenvalue weighted by Crippen LogP contribution is 2.02. The summed E-state index contributed by atoms with van der Waals surface area (Å²) >= 11 is 1.41. The van der Waals surface area contributed by atoms with Crippen LogP contribution >= 0.6 is 11.8 Å². The number of carbonyl (C=O) groups excluding carboxylic acids is 4. The molecular weight excluding hydrogens is 434 g/mol. The summed E-state index contributed by atoms with van der Waals surface area (Å²) in [6.07, 6.45) is 1.04. The fourth-order valence-corrected chi connectivity index (χ4v) is 2.74. The molecule has 3 unspecified atom stereocenters. The summed E-state index contributed by atoms with van der Waals surface area (Å²) < 4.78 is 0. The van der Waals surface area contributed by atoms with Gasteiger partial charge in [0.15, 0.2) is 0 Å². The minimum Gasteiger partial charge on any atom is -0.481 e. The molecule has 0 aromatic rings. The van der Waals surface area contributed by atoms with E-state index in [-0.39, 0.29) is 32.1 Å². The molecule has 13 nitrogen and oxygen atoms in total. The predicted octanol–water partition coefficient (Wildman–Crippen LogP) is -2.63. The molecule has 0 heterocycles. The monoisotopic (exact) mass is 463 g/mol. The van der Waals surface area contributed by atoms with Crippen LogP contribution in [0.15, 0.2) is 0 Å². The van der Waals surface area contributed by atoms with Gasteiger partial charge in [-0.05, 0) is 31.3 Å². The second-order valence-corrected chi connectivity index (χ2v) is 7.55.